The van der Waals surface area contributed by atoms with Gasteiger partial charge >= 0.3 is 0 Å². The zero-order valence-electron chi connectivity index (χ0n) is 28.9. The van der Waals surface area contributed by atoms with Crippen LogP contribution in [0, 0.1) is 11.8 Å². The number of para-hydroxylation sites is 1. The number of ether oxygens (including phenoxy) is 2. The fraction of sp³-hybridized carbons (Fsp3) is 0.316. The Bertz CT molecular complexity index is 2110. The summed E-state index contributed by atoms with van der Waals surface area (Å²) >= 11 is 0. The molecule has 2 aliphatic rings. The van der Waals surface area contributed by atoms with Crippen LogP contribution in [0.3, 0.4) is 0 Å². The molecule has 3 amide bonds. The second-order valence-corrected chi connectivity index (χ2v) is 14.6. The monoisotopic (exact) mass is 711 g/mol. The molecule has 2 fully saturated rings. The number of nitrogens with one attached hydrogen (secondary N) is 3. The first kappa shape index (κ1) is 35.4. The van der Waals surface area contributed by atoms with Crippen LogP contribution in [0.2, 0.25) is 0 Å². The second kappa shape index (κ2) is 14.1. The first-order valence-corrected chi connectivity index (χ1v) is 18.1. The maximum atomic E-state index is 14.1. The van der Waals surface area contributed by atoms with E-state index in [0.29, 0.717) is 29.1 Å². The number of nitrogens with zero attached hydrogens (tertiary/aromatic N) is 2. The topological polar surface area (TPSA) is 156 Å². The Labute approximate surface area is 297 Å². The van der Waals surface area contributed by atoms with E-state index < -0.39 is 51.4 Å². The third-order valence-corrected chi connectivity index (χ3v) is 11.3. The molecule has 0 bridgehead atoms. The Kier molecular flexibility index (Phi) is 9.76. The molecule has 0 radical (unpaired) electrons. The maximum absolute atomic E-state index is 14.1. The van der Waals surface area contributed by atoms with Crippen molar-refractivity contribution in [2.45, 2.75) is 48.8 Å². The van der Waals surface area contributed by atoms with Gasteiger partial charge in [-0.3, -0.25) is 19.4 Å². The van der Waals surface area contributed by atoms with Crippen LogP contribution >= 0.6 is 0 Å². The molecule has 0 spiro atoms. The van der Waals surface area contributed by atoms with E-state index in [0.717, 1.165) is 16.5 Å². The first-order valence-electron chi connectivity index (χ1n) is 16.6. The van der Waals surface area contributed by atoms with E-state index in [2.05, 4.69) is 26.9 Å². The minimum absolute atomic E-state index is 0.102. The lowest BCUT2D eigenvalue weighted by molar-refractivity contribution is -0.135. The molecule has 266 valence electrons. The highest BCUT2D eigenvalue weighted by Gasteiger charge is 2.61. The lowest BCUT2D eigenvalue weighted by Crippen LogP contribution is -2.55. The Morgan fingerprint density at radius 3 is 2.41 bits per heavy atom. The van der Waals surface area contributed by atoms with E-state index in [-0.39, 0.29) is 23.6 Å². The van der Waals surface area contributed by atoms with E-state index in [1.807, 2.05) is 42.5 Å². The number of methoxy groups -OCH3 is 1. The van der Waals surface area contributed by atoms with Crippen LogP contribution in [0.1, 0.15) is 26.2 Å². The van der Waals surface area contributed by atoms with Crippen molar-refractivity contribution in [3.63, 3.8) is 0 Å². The van der Waals surface area contributed by atoms with Gasteiger partial charge in [-0.2, -0.15) is 0 Å². The number of benzene rings is 3. The third kappa shape index (κ3) is 6.85. The highest BCUT2D eigenvalue weighted by molar-refractivity contribution is 7.90. The summed E-state index contributed by atoms with van der Waals surface area (Å²) in [5, 5.41) is 6.44. The molecule has 6 rings (SSSR count). The lowest BCUT2D eigenvalue weighted by atomic mass is 10.00. The summed E-state index contributed by atoms with van der Waals surface area (Å²) in [6.07, 6.45) is 3.46. The average Bonchev–Trinajstić information content (AvgIpc) is 3.70. The SMILES string of the molecule is C=C[C@@H]1C[C@]1(NC(=O)[C@@H]1C[C@@H](Oc2ccnc3cc(OC)c(-c4ccccc4)cc23)C[C@@H]1N(C)C(C)=O)C(=O)NS(=O)(=O)c1ccccc1NC. The van der Waals surface area contributed by atoms with E-state index in [1.165, 1.54) is 24.0 Å². The lowest BCUT2D eigenvalue weighted by Gasteiger charge is -2.29. The van der Waals surface area contributed by atoms with Crippen LogP contribution in [0.25, 0.3) is 22.0 Å². The molecule has 12 nitrogen and oxygen atoms in total. The summed E-state index contributed by atoms with van der Waals surface area (Å²) < 4.78 is 41.1. The summed E-state index contributed by atoms with van der Waals surface area (Å²) in [7, 11) is 0.533. The van der Waals surface area contributed by atoms with Gasteiger partial charge in [-0.05, 0) is 42.7 Å². The molecule has 3 N–H and O–H groups in total. The molecule has 4 aromatic rings. The number of fused-ring (bicyclic) bond motifs is 1. The van der Waals surface area contributed by atoms with Crippen LogP contribution in [0.5, 0.6) is 11.5 Å². The van der Waals surface area contributed by atoms with E-state index in [1.54, 1.807) is 51.7 Å². The summed E-state index contributed by atoms with van der Waals surface area (Å²) in [4.78, 5) is 46.4. The molecule has 1 heterocycles. The molecule has 51 heavy (non-hydrogen) atoms. The molecule has 2 aliphatic carbocycles. The third-order valence-electron chi connectivity index (χ3n) is 9.94. The van der Waals surface area contributed by atoms with Crippen molar-refractivity contribution in [3.8, 4) is 22.6 Å². The number of carbonyl (C=O) groups excluding carboxylic acids is 3. The minimum Gasteiger partial charge on any atom is -0.496 e. The largest absolute Gasteiger partial charge is 0.496 e. The predicted molar refractivity (Wildman–Crippen MR) is 194 cm³/mol. The molecule has 3 aromatic carbocycles. The van der Waals surface area contributed by atoms with Crippen molar-refractivity contribution >= 4 is 44.3 Å². The molecule has 0 saturated heterocycles. The molecule has 0 aliphatic heterocycles. The summed E-state index contributed by atoms with van der Waals surface area (Å²) in [6, 6.07) is 21.1. The number of hydrogen-bond donors (Lipinski definition) is 3. The molecular weight excluding hydrogens is 671 g/mol. The zero-order valence-corrected chi connectivity index (χ0v) is 29.7. The van der Waals surface area contributed by atoms with Gasteiger partial charge in [-0.1, -0.05) is 48.5 Å². The standard InChI is InChI=1S/C38H41N5O7S/c1-6-25-22-38(25,37(46)42-51(47,48)35-15-11-10-14-30(35)39-3)41-36(45)29-18-26(19-32(29)43(4)23(2)44)50-33-16-17-40-31-21-34(49-5)27(20-28(31)33)24-12-8-7-9-13-24/h6-17,20-21,25-26,29,32,39H,1,18-19,22H2,2-5H3,(H,41,45)(H,42,46)/t25-,26-,29-,32+,38-/m1/s1. The summed E-state index contributed by atoms with van der Waals surface area (Å²) in [6.45, 7) is 5.22. The van der Waals surface area contributed by atoms with Crippen LogP contribution in [0.4, 0.5) is 5.69 Å². The number of amides is 3. The number of pyridine rings is 1. The summed E-state index contributed by atoms with van der Waals surface area (Å²) in [5.74, 6) is -1.60. The van der Waals surface area contributed by atoms with E-state index in [9.17, 15) is 22.8 Å². The highest BCUT2D eigenvalue weighted by Crippen LogP contribution is 2.46. The number of anilines is 1. The number of hydrogen-bond acceptors (Lipinski definition) is 9. The fourth-order valence-electron chi connectivity index (χ4n) is 6.97. The number of sulfonamides is 1. The van der Waals surface area contributed by atoms with Gasteiger partial charge in [0.05, 0.1) is 24.2 Å². The Morgan fingerprint density at radius 1 is 1.02 bits per heavy atom. The molecule has 0 unspecified atom stereocenters. The molecule has 1 aromatic heterocycles. The van der Waals surface area contributed by atoms with Crippen molar-refractivity contribution < 1.29 is 32.3 Å². The van der Waals surface area contributed by atoms with Crippen molar-refractivity contribution in [2.24, 2.45) is 11.8 Å². The van der Waals surface area contributed by atoms with Gasteiger partial charge in [0.15, 0.2) is 0 Å². The van der Waals surface area contributed by atoms with Crippen molar-refractivity contribution in [2.75, 3.05) is 26.5 Å². The normalized spacial score (nSPS) is 22.4. The first-order chi connectivity index (χ1) is 24.4. The Morgan fingerprint density at radius 2 is 1.75 bits per heavy atom. The van der Waals surface area contributed by atoms with Gasteiger partial charge < -0.3 is 25.0 Å². The van der Waals surface area contributed by atoms with Crippen molar-refractivity contribution in [1.82, 2.24) is 19.9 Å². The van der Waals surface area contributed by atoms with Gasteiger partial charge in [-0.15, -0.1) is 6.58 Å². The average molecular weight is 712 g/mol. The van der Waals surface area contributed by atoms with Gasteiger partial charge in [0.1, 0.15) is 28.0 Å². The van der Waals surface area contributed by atoms with Gasteiger partial charge in [0.2, 0.25) is 11.8 Å². The fourth-order valence-corrected chi connectivity index (χ4v) is 8.23. The maximum Gasteiger partial charge on any atom is 0.266 e. The van der Waals surface area contributed by atoms with Gasteiger partial charge in [0.25, 0.3) is 15.9 Å². The predicted octanol–water partition coefficient (Wildman–Crippen LogP) is 4.52. The minimum atomic E-state index is -4.29. The molecule has 2 saturated carbocycles. The van der Waals surface area contributed by atoms with E-state index in [4.69, 9.17) is 9.47 Å². The van der Waals surface area contributed by atoms with Crippen LogP contribution in [-0.2, 0) is 24.4 Å². The van der Waals surface area contributed by atoms with Crippen LogP contribution in [-0.4, -0.2) is 74.9 Å². The zero-order chi connectivity index (χ0) is 36.5. The van der Waals surface area contributed by atoms with Gasteiger partial charge in [0, 0.05) is 62.6 Å². The molecular formula is C38H41N5O7S. The number of carbonyl (C=O) groups is 3. The summed E-state index contributed by atoms with van der Waals surface area (Å²) in [5.41, 5.74) is 1.28. The Hall–Kier alpha value is -5.43. The quantitative estimate of drug-likeness (QED) is 0.180. The molecule has 5 atom stereocenters. The number of aromatic nitrogens is 1. The number of rotatable bonds is 12. The van der Waals surface area contributed by atoms with E-state index >= 15 is 0 Å². The second-order valence-electron chi connectivity index (χ2n) is 12.9. The molecule has 13 heteroatoms. The highest BCUT2D eigenvalue weighted by atomic mass is 32.2. The Balaban J connectivity index is 1.26. The van der Waals surface area contributed by atoms with Crippen molar-refractivity contribution in [1.29, 1.82) is 0 Å². The van der Waals surface area contributed by atoms with Crippen LogP contribution in [0.15, 0.2) is 96.5 Å². The van der Waals surface area contributed by atoms with Gasteiger partial charge in [-0.25, -0.2) is 13.1 Å². The smallest absolute Gasteiger partial charge is 0.266 e. The van der Waals surface area contributed by atoms with Crippen molar-refractivity contribution in [3.05, 3.63) is 91.6 Å². The van der Waals surface area contributed by atoms with Crippen LogP contribution < -0.4 is 24.8 Å².